The van der Waals surface area contributed by atoms with Gasteiger partial charge in [-0.3, -0.25) is 9.59 Å². The second-order valence-electron chi connectivity index (χ2n) is 9.81. The molecular weight excluding hydrogens is 524 g/mol. The Kier molecular flexibility index (Phi) is 10.3. The summed E-state index contributed by atoms with van der Waals surface area (Å²) in [6, 6.07) is 17.1. The average Bonchev–Trinajstić information content (AvgIpc) is 2.98. The molecular formula is C29H36N8O4. The van der Waals surface area contributed by atoms with E-state index in [0.29, 0.717) is 44.5 Å². The molecule has 12 heteroatoms. The van der Waals surface area contributed by atoms with Crippen LogP contribution < -0.4 is 27.0 Å². The Morgan fingerprint density at radius 2 is 1.78 bits per heavy atom. The van der Waals surface area contributed by atoms with Crippen LogP contribution in [0.5, 0.6) is 0 Å². The minimum atomic E-state index is -0.636. The zero-order chi connectivity index (χ0) is 29.0. The maximum absolute atomic E-state index is 12.6. The standard InChI is InChI=1S/C29H36N8O4/c1-20(38)31-13-14-32-23-9-11-24(12-10-23)35-28-34-17-25(26(30)39)27(36-28)33-16-22-8-5-15-37(18-22)29(40)41-19-21-6-3-2-4-7-21/h2-4,6-7,9-12,17,22,32H,5,8,13-16,18-19H2,1H3,(H2,30,39)(H,31,38)(H2,33,34,35,36). The number of ether oxygens (including phenoxy) is 1. The maximum Gasteiger partial charge on any atom is 0.410 e. The van der Waals surface area contributed by atoms with Crippen LogP contribution in [0.2, 0.25) is 0 Å². The average molecular weight is 561 g/mol. The first kappa shape index (κ1) is 29.1. The molecule has 1 aliphatic heterocycles. The van der Waals surface area contributed by atoms with Crippen LogP contribution in [-0.4, -0.2) is 65.5 Å². The molecule has 1 fully saturated rings. The predicted octanol–water partition coefficient (Wildman–Crippen LogP) is 3.33. The van der Waals surface area contributed by atoms with E-state index in [-0.39, 0.29) is 30.1 Å². The highest BCUT2D eigenvalue weighted by Crippen LogP contribution is 2.22. The van der Waals surface area contributed by atoms with E-state index >= 15 is 0 Å². The summed E-state index contributed by atoms with van der Waals surface area (Å²) in [7, 11) is 0. The number of benzene rings is 2. The van der Waals surface area contributed by atoms with E-state index in [1.807, 2.05) is 54.6 Å². The van der Waals surface area contributed by atoms with Crippen LogP contribution in [0, 0.1) is 5.92 Å². The summed E-state index contributed by atoms with van der Waals surface area (Å²) in [5.74, 6) is 0.0745. The minimum absolute atomic E-state index is 0.0671. The summed E-state index contributed by atoms with van der Waals surface area (Å²) in [4.78, 5) is 46.1. The fraction of sp³-hybridized carbons (Fsp3) is 0.345. The fourth-order valence-electron chi connectivity index (χ4n) is 4.45. The number of carbonyl (C=O) groups excluding carboxylic acids is 3. The number of likely N-dealkylation sites (tertiary alicyclic amines) is 1. The number of rotatable bonds is 12. The quantitative estimate of drug-likeness (QED) is 0.209. The molecule has 1 aromatic heterocycles. The van der Waals surface area contributed by atoms with E-state index in [1.165, 1.54) is 13.1 Å². The van der Waals surface area contributed by atoms with Crippen molar-refractivity contribution in [1.29, 1.82) is 0 Å². The molecule has 0 bridgehead atoms. The van der Waals surface area contributed by atoms with Crippen molar-refractivity contribution in [3.05, 3.63) is 71.9 Å². The summed E-state index contributed by atoms with van der Waals surface area (Å²) in [6.07, 6.45) is 2.83. The summed E-state index contributed by atoms with van der Waals surface area (Å²) in [6.45, 7) is 4.52. The minimum Gasteiger partial charge on any atom is -0.445 e. The number of anilines is 4. The van der Waals surface area contributed by atoms with Crippen LogP contribution in [0.3, 0.4) is 0 Å². The molecule has 216 valence electrons. The molecule has 6 N–H and O–H groups in total. The van der Waals surface area contributed by atoms with Gasteiger partial charge in [0, 0.05) is 57.2 Å². The second-order valence-corrected chi connectivity index (χ2v) is 9.81. The summed E-state index contributed by atoms with van der Waals surface area (Å²) in [5.41, 5.74) is 8.36. The lowest BCUT2D eigenvalue weighted by atomic mass is 9.98. The lowest BCUT2D eigenvalue weighted by Crippen LogP contribution is -2.42. The highest BCUT2D eigenvalue weighted by molar-refractivity contribution is 5.97. The monoisotopic (exact) mass is 560 g/mol. The Balaban J connectivity index is 1.31. The first-order valence-electron chi connectivity index (χ1n) is 13.6. The van der Waals surface area contributed by atoms with Gasteiger partial charge in [0.1, 0.15) is 12.4 Å². The number of carbonyl (C=O) groups is 3. The van der Waals surface area contributed by atoms with Crippen LogP contribution in [0.1, 0.15) is 35.7 Å². The number of primary amides is 1. The smallest absolute Gasteiger partial charge is 0.410 e. The van der Waals surface area contributed by atoms with Crippen LogP contribution in [-0.2, 0) is 16.1 Å². The molecule has 0 aliphatic carbocycles. The largest absolute Gasteiger partial charge is 0.445 e. The highest BCUT2D eigenvalue weighted by atomic mass is 16.6. The first-order chi connectivity index (χ1) is 19.9. The van der Waals surface area contributed by atoms with Crippen LogP contribution in [0.25, 0.3) is 0 Å². The van der Waals surface area contributed by atoms with Gasteiger partial charge in [0.15, 0.2) is 0 Å². The highest BCUT2D eigenvalue weighted by Gasteiger charge is 2.25. The molecule has 1 atom stereocenters. The van der Waals surface area contributed by atoms with Gasteiger partial charge in [-0.05, 0) is 48.6 Å². The SMILES string of the molecule is CC(=O)NCCNc1ccc(Nc2ncc(C(N)=O)c(NCC3CCCN(C(=O)OCc4ccccc4)C3)n2)cc1. The van der Waals surface area contributed by atoms with Crippen LogP contribution >= 0.6 is 0 Å². The van der Waals surface area contributed by atoms with Gasteiger partial charge < -0.3 is 36.6 Å². The van der Waals surface area contributed by atoms with Crippen molar-refractivity contribution >= 4 is 41.0 Å². The molecule has 0 radical (unpaired) electrons. The van der Waals surface area contributed by atoms with Gasteiger partial charge in [0.2, 0.25) is 11.9 Å². The number of nitrogens with zero attached hydrogens (tertiary/aromatic N) is 3. The van der Waals surface area contributed by atoms with E-state index in [0.717, 1.165) is 29.8 Å². The fourth-order valence-corrected chi connectivity index (χ4v) is 4.45. The van der Waals surface area contributed by atoms with Crippen molar-refractivity contribution in [3.63, 3.8) is 0 Å². The number of amides is 3. The molecule has 1 aliphatic rings. The van der Waals surface area contributed by atoms with Crippen LogP contribution in [0.4, 0.5) is 27.9 Å². The normalized spacial score (nSPS) is 14.6. The van der Waals surface area contributed by atoms with Crippen molar-refractivity contribution < 1.29 is 19.1 Å². The van der Waals surface area contributed by atoms with E-state index in [1.54, 1.807) is 4.90 Å². The van der Waals surface area contributed by atoms with E-state index < -0.39 is 5.91 Å². The number of hydrogen-bond acceptors (Lipinski definition) is 9. The molecule has 2 aromatic carbocycles. The third-order valence-corrected chi connectivity index (χ3v) is 6.56. The molecule has 4 rings (SSSR count). The lowest BCUT2D eigenvalue weighted by Gasteiger charge is -2.32. The van der Waals surface area contributed by atoms with Gasteiger partial charge in [-0.25, -0.2) is 9.78 Å². The summed E-state index contributed by atoms with van der Waals surface area (Å²) < 4.78 is 5.50. The Labute approximate surface area is 239 Å². The second kappa shape index (κ2) is 14.5. The zero-order valence-electron chi connectivity index (χ0n) is 23.1. The first-order valence-corrected chi connectivity index (χ1v) is 13.6. The van der Waals surface area contributed by atoms with Gasteiger partial charge in [-0.1, -0.05) is 30.3 Å². The number of piperidine rings is 1. The van der Waals surface area contributed by atoms with Gasteiger partial charge in [-0.2, -0.15) is 4.98 Å². The van der Waals surface area contributed by atoms with Crippen molar-refractivity contribution in [1.82, 2.24) is 20.2 Å². The lowest BCUT2D eigenvalue weighted by molar-refractivity contribution is -0.118. The van der Waals surface area contributed by atoms with E-state index in [2.05, 4.69) is 31.2 Å². The third kappa shape index (κ3) is 9.09. The maximum atomic E-state index is 12.6. The van der Waals surface area contributed by atoms with Crippen molar-refractivity contribution in [2.45, 2.75) is 26.4 Å². The molecule has 1 unspecified atom stereocenters. The molecule has 3 aromatic rings. The molecule has 41 heavy (non-hydrogen) atoms. The predicted molar refractivity (Wildman–Crippen MR) is 157 cm³/mol. The van der Waals surface area contributed by atoms with Gasteiger partial charge in [0.25, 0.3) is 5.91 Å². The summed E-state index contributed by atoms with van der Waals surface area (Å²) in [5, 5.41) is 12.3. The van der Waals surface area contributed by atoms with E-state index in [4.69, 9.17) is 10.5 Å². The Morgan fingerprint density at radius 3 is 2.51 bits per heavy atom. The van der Waals surface area contributed by atoms with Gasteiger partial charge in [-0.15, -0.1) is 0 Å². The molecule has 2 heterocycles. The number of aromatic nitrogens is 2. The topological polar surface area (TPSA) is 164 Å². The number of nitrogens with one attached hydrogen (secondary N) is 4. The number of hydrogen-bond donors (Lipinski definition) is 5. The molecule has 1 saturated heterocycles. The summed E-state index contributed by atoms with van der Waals surface area (Å²) >= 11 is 0. The Bertz CT molecular complexity index is 1320. The molecule has 12 nitrogen and oxygen atoms in total. The van der Waals surface area contributed by atoms with Crippen molar-refractivity contribution in [2.24, 2.45) is 11.7 Å². The third-order valence-electron chi connectivity index (χ3n) is 6.56. The Morgan fingerprint density at radius 1 is 1.02 bits per heavy atom. The molecule has 3 amide bonds. The van der Waals surface area contributed by atoms with Gasteiger partial charge in [0.05, 0.1) is 5.56 Å². The number of nitrogens with two attached hydrogens (primary N) is 1. The van der Waals surface area contributed by atoms with Crippen LogP contribution in [0.15, 0.2) is 60.8 Å². The zero-order valence-corrected chi connectivity index (χ0v) is 23.1. The molecule has 0 spiro atoms. The van der Waals surface area contributed by atoms with Gasteiger partial charge >= 0.3 is 6.09 Å². The van der Waals surface area contributed by atoms with Crippen molar-refractivity contribution in [3.8, 4) is 0 Å². The Hall–Kier alpha value is -4.87. The molecule has 0 saturated carbocycles. The van der Waals surface area contributed by atoms with Crippen molar-refractivity contribution in [2.75, 3.05) is 48.7 Å². The van der Waals surface area contributed by atoms with E-state index in [9.17, 15) is 14.4 Å².